The largest absolute Gasteiger partial charge is 0.466 e. The van der Waals surface area contributed by atoms with Gasteiger partial charge in [0, 0.05) is 22.3 Å². The molecule has 192 valence electrons. The molecular formula is C28H34N2O5S. The summed E-state index contributed by atoms with van der Waals surface area (Å²) in [5.74, 6) is -1.66. The number of hydrogen-bond donors (Lipinski definition) is 1. The van der Waals surface area contributed by atoms with Crippen molar-refractivity contribution in [3.05, 3.63) is 51.5 Å². The number of hydrogen-bond acceptors (Lipinski definition) is 6. The highest BCUT2D eigenvalue weighted by Gasteiger charge is 2.37. The molecule has 1 aliphatic rings. The summed E-state index contributed by atoms with van der Waals surface area (Å²) in [5, 5.41) is 4.51. The number of nitrogens with one attached hydrogen (secondary N) is 1. The van der Waals surface area contributed by atoms with Crippen molar-refractivity contribution < 1.29 is 23.9 Å². The lowest BCUT2D eigenvalue weighted by atomic mass is 9.85. The maximum Gasteiger partial charge on any atom is 0.341 e. The van der Waals surface area contributed by atoms with Crippen LogP contribution in [0.5, 0.6) is 0 Å². The number of aromatic nitrogens is 1. The molecule has 1 aliphatic carbocycles. The van der Waals surface area contributed by atoms with Crippen molar-refractivity contribution in [1.82, 2.24) is 4.57 Å². The van der Waals surface area contributed by atoms with Crippen molar-refractivity contribution in [3.8, 4) is 0 Å². The smallest absolute Gasteiger partial charge is 0.341 e. The zero-order chi connectivity index (χ0) is 25.8. The van der Waals surface area contributed by atoms with E-state index in [9.17, 15) is 14.4 Å². The van der Waals surface area contributed by atoms with Gasteiger partial charge in [-0.3, -0.25) is 9.59 Å². The summed E-state index contributed by atoms with van der Waals surface area (Å²) < 4.78 is 12.8. The quantitative estimate of drug-likeness (QED) is 0.345. The molecule has 3 aromatic rings. The number of unbranched alkanes of at least 4 members (excludes halogenated alkanes) is 1. The number of carbonyl (C=O) groups excluding carboxylic acids is 3. The number of benzene rings is 1. The average molecular weight is 511 g/mol. The Labute approximate surface area is 215 Å². The first kappa shape index (κ1) is 25.9. The van der Waals surface area contributed by atoms with Crippen LogP contribution in [0.1, 0.15) is 89.2 Å². The predicted octanol–water partition coefficient (Wildman–Crippen LogP) is 6.22. The van der Waals surface area contributed by atoms with E-state index in [0.29, 0.717) is 22.7 Å². The molecule has 1 unspecified atom stereocenters. The first-order valence-electron chi connectivity index (χ1n) is 12.8. The van der Waals surface area contributed by atoms with Gasteiger partial charge in [-0.25, -0.2) is 4.79 Å². The van der Waals surface area contributed by atoms with Gasteiger partial charge in [0.1, 0.15) is 10.7 Å². The van der Waals surface area contributed by atoms with Crippen LogP contribution in [-0.2, 0) is 27.2 Å². The van der Waals surface area contributed by atoms with Crippen LogP contribution in [0.3, 0.4) is 0 Å². The van der Waals surface area contributed by atoms with Gasteiger partial charge in [0.15, 0.2) is 0 Å². The Morgan fingerprint density at radius 2 is 1.86 bits per heavy atom. The topological polar surface area (TPSA) is 86.6 Å². The normalized spacial score (nSPS) is 14.9. The minimum atomic E-state index is -0.534. The Morgan fingerprint density at radius 1 is 1.11 bits per heavy atom. The second kappa shape index (κ2) is 11.3. The second-order valence-corrected chi connectivity index (χ2v) is 10.1. The number of ether oxygens (including phenoxy) is 2. The Morgan fingerprint density at radius 3 is 2.58 bits per heavy atom. The lowest BCUT2D eigenvalue weighted by Gasteiger charge is -2.22. The number of thiophene rings is 1. The third-order valence-corrected chi connectivity index (χ3v) is 7.90. The maximum absolute atomic E-state index is 13.8. The number of anilines is 1. The fourth-order valence-corrected chi connectivity index (χ4v) is 6.40. The van der Waals surface area contributed by atoms with Gasteiger partial charge in [-0.05, 0) is 63.6 Å². The van der Waals surface area contributed by atoms with Gasteiger partial charge in [0.25, 0.3) is 5.91 Å². The highest BCUT2D eigenvalue weighted by atomic mass is 32.1. The summed E-state index contributed by atoms with van der Waals surface area (Å²) in [5.41, 5.74) is 3.46. The van der Waals surface area contributed by atoms with Gasteiger partial charge in [-0.1, -0.05) is 31.5 Å². The Kier molecular flexibility index (Phi) is 8.14. The standard InChI is InChI=1S/C28H34N2O5S/c1-5-8-16-30-20-14-10-9-12-18(20)17(4)24(30)25(31)29-26-23(28(33)35-7-3)22-19(27(32)34-6-2)13-11-15-21(22)36-26/h9-10,12,14,19H,5-8,11,13,15-16H2,1-4H3,(H,29,31). The number of nitrogens with zero attached hydrogens (tertiary/aromatic N) is 1. The fourth-order valence-electron chi connectivity index (χ4n) is 5.11. The number of aryl methyl sites for hydroxylation is 3. The fraction of sp³-hybridized carbons (Fsp3) is 0.464. The SMILES string of the molecule is CCCCn1c(C(=O)Nc2sc3c(c2C(=O)OCC)C(C(=O)OCC)CCC3)c(C)c2ccccc21. The van der Waals surface area contributed by atoms with Gasteiger partial charge in [-0.15, -0.1) is 11.3 Å². The second-order valence-electron chi connectivity index (χ2n) is 9.01. The first-order valence-corrected chi connectivity index (χ1v) is 13.6. The Bertz CT molecular complexity index is 1290. The van der Waals surface area contributed by atoms with E-state index < -0.39 is 11.9 Å². The Balaban J connectivity index is 1.79. The molecule has 0 spiro atoms. The van der Waals surface area contributed by atoms with Crippen LogP contribution < -0.4 is 5.32 Å². The molecule has 1 aromatic carbocycles. The van der Waals surface area contributed by atoms with E-state index in [0.717, 1.165) is 53.6 Å². The number of esters is 2. The monoisotopic (exact) mass is 510 g/mol. The van der Waals surface area contributed by atoms with Crippen molar-refractivity contribution >= 4 is 45.1 Å². The molecule has 0 saturated carbocycles. The van der Waals surface area contributed by atoms with Crippen LogP contribution in [0.2, 0.25) is 0 Å². The summed E-state index contributed by atoms with van der Waals surface area (Å²) in [4.78, 5) is 40.6. The summed E-state index contributed by atoms with van der Waals surface area (Å²) in [6.45, 7) is 8.80. The summed E-state index contributed by atoms with van der Waals surface area (Å²) in [6.07, 6.45) is 4.12. The van der Waals surface area contributed by atoms with Gasteiger partial charge < -0.3 is 19.4 Å². The van der Waals surface area contributed by atoms with Crippen molar-refractivity contribution in [1.29, 1.82) is 0 Å². The molecular weight excluding hydrogens is 476 g/mol. The third-order valence-electron chi connectivity index (χ3n) is 6.72. The van der Waals surface area contributed by atoms with Gasteiger partial charge >= 0.3 is 11.9 Å². The number of rotatable bonds is 9. The zero-order valence-corrected chi connectivity index (χ0v) is 22.3. The lowest BCUT2D eigenvalue weighted by molar-refractivity contribution is -0.145. The zero-order valence-electron chi connectivity index (χ0n) is 21.4. The summed E-state index contributed by atoms with van der Waals surface area (Å²) in [7, 11) is 0. The van der Waals surface area contributed by atoms with Crippen molar-refractivity contribution in [2.45, 2.75) is 72.3 Å². The van der Waals surface area contributed by atoms with Gasteiger partial charge in [0.2, 0.25) is 0 Å². The molecule has 2 aromatic heterocycles. The Hall–Kier alpha value is -3.13. The highest BCUT2D eigenvalue weighted by molar-refractivity contribution is 7.17. The van der Waals surface area contributed by atoms with Crippen LogP contribution in [0.4, 0.5) is 5.00 Å². The molecule has 2 heterocycles. The molecule has 36 heavy (non-hydrogen) atoms. The average Bonchev–Trinajstić information content (AvgIpc) is 3.37. The molecule has 1 amide bonds. The molecule has 8 heteroatoms. The van der Waals surface area contributed by atoms with E-state index >= 15 is 0 Å². The molecule has 1 N–H and O–H groups in total. The first-order chi connectivity index (χ1) is 17.4. The van der Waals surface area contributed by atoms with Gasteiger partial charge in [-0.2, -0.15) is 0 Å². The number of para-hydroxylation sites is 1. The van der Waals surface area contributed by atoms with E-state index in [1.54, 1.807) is 13.8 Å². The predicted molar refractivity (Wildman–Crippen MR) is 142 cm³/mol. The van der Waals surface area contributed by atoms with Crippen molar-refractivity contribution in [3.63, 3.8) is 0 Å². The molecule has 0 saturated heterocycles. The van der Waals surface area contributed by atoms with Crippen LogP contribution in [-0.4, -0.2) is 35.6 Å². The lowest BCUT2D eigenvalue weighted by Crippen LogP contribution is -2.23. The third kappa shape index (κ3) is 4.78. The molecule has 4 rings (SSSR count). The molecule has 1 atom stereocenters. The van der Waals surface area contributed by atoms with Crippen molar-refractivity contribution in [2.24, 2.45) is 0 Å². The number of carbonyl (C=O) groups is 3. The molecule has 0 aliphatic heterocycles. The van der Waals surface area contributed by atoms with E-state index in [2.05, 4.69) is 16.8 Å². The van der Waals surface area contributed by atoms with E-state index in [1.165, 1.54) is 11.3 Å². The minimum absolute atomic E-state index is 0.200. The van der Waals surface area contributed by atoms with Crippen molar-refractivity contribution in [2.75, 3.05) is 18.5 Å². The number of amides is 1. The van der Waals surface area contributed by atoms with E-state index in [4.69, 9.17) is 9.47 Å². The summed E-state index contributed by atoms with van der Waals surface area (Å²) in [6, 6.07) is 8.02. The minimum Gasteiger partial charge on any atom is -0.466 e. The van der Waals surface area contributed by atoms with Crippen LogP contribution in [0.15, 0.2) is 24.3 Å². The highest BCUT2D eigenvalue weighted by Crippen LogP contribution is 2.45. The van der Waals surface area contributed by atoms with Gasteiger partial charge in [0.05, 0.1) is 24.7 Å². The maximum atomic E-state index is 13.8. The van der Waals surface area contributed by atoms with Crippen LogP contribution >= 0.6 is 11.3 Å². The van der Waals surface area contributed by atoms with Crippen LogP contribution in [0.25, 0.3) is 10.9 Å². The molecule has 7 nitrogen and oxygen atoms in total. The van der Waals surface area contributed by atoms with E-state index in [1.807, 2.05) is 31.2 Å². The molecule has 0 radical (unpaired) electrons. The molecule has 0 fully saturated rings. The summed E-state index contributed by atoms with van der Waals surface area (Å²) >= 11 is 1.37. The number of fused-ring (bicyclic) bond motifs is 2. The molecule has 0 bridgehead atoms. The van der Waals surface area contributed by atoms with E-state index in [-0.39, 0.29) is 30.7 Å². The van der Waals surface area contributed by atoms with Crippen LogP contribution in [0, 0.1) is 6.92 Å².